The van der Waals surface area contributed by atoms with Crippen molar-refractivity contribution < 1.29 is 14.2 Å². The summed E-state index contributed by atoms with van der Waals surface area (Å²) < 4.78 is 16.2. The van der Waals surface area contributed by atoms with Crippen molar-refractivity contribution in [3.8, 4) is 17.2 Å². The summed E-state index contributed by atoms with van der Waals surface area (Å²) in [5.74, 6) is 2.18. The largest absolute Gasteiger partial charge is 0.494 e. The number of ether oxygens (including phenoxy) is 3. The molecule has 0 atom stereocenters. The maximum absolute atomic E-state index is 5.51. The summed E-state index contributed by atoms with van der Waals surface area (Å²) in [6.07, 6.45) is 1.79. The lowest BCUT2D eigenvalue weighted by Gasteiger charge is -2.09. The maximum Gasteiger partial charge on any atom is 0.161 e. The number of hydrogen-bond acceptors (Lipinski definition) is 4. The van der Waals surface area contributed by atoms with Gasteiger partial charge in [0, 0.05) is 6.21 Å². The second-order valence-electron chi connectivity index (χ2n) is 4.78. The van der Waals surface area contributed by atoms with Gasteiger partial charge < -0.3 is 14.2 Å². The van der Waals surface area contributed by atoms with Crippen LogP contribution in [-0.4, -0.2) is 27.0 Å². The van der Waals surface area contributed by atoms with E-state index in [1.807, 2.05) is 50.2 Å². The van der Waals surface area contributed by atoms with Crippen molar-refractivity contribution in [1.82, 2.24) is 0 Å². The van der Waals surface area contributed by atoms with Crippen molar-refractivity contribution in [2.45, 2.75) is 13.8 Å². The summed E-state index contributed by atoms with van der Waals surface area (Å²) >= 11 is 0. The Labute approximate surface area is 131 Å². The van der Waals surface area contributed by atoms with Crippen LogP contribution in [0.5, 0.6) is 17.2 Å². The van der Waals surface area contributed by atoms with Gasteiger partial charge in [-0.25, -0.2) is 0 Å². The van der Waals surface area contributed by atoms with Gasteiger partial charge in [-0.1, -0.05) is 6.07 Å². The fraction of sp³-hybridized carbons (Fsp3) is 0.278. The lowest BCUT2D eigenvalue weighted by molar-refractivity contribution is 0.311. The highest BCUT2D eigenvalue weighted by atomic mass is 16.5. The molecule has 2 aromatic carbocycles. The van der Waals surface area contributed by atoms with Crippen molar-refractivity contribution in [3.63, 3.8) is 0 Å². The number of aryl methyl sites for hydroxylation is 1. The van der Waals surface area contributed by atoms with Crippen LogP contribution in [0, 0.1) is 6.92 Å². The van der Waals surface area contributed by atoms with Gasteiger partial charge in [0.2, 0.25) is 0 Å². The summed E-state index contributed by atoms with van der Waals surface area (Å²) in [4.78, 5) is 4.51. The summed E-state index contributed by atoms with van der Waals surface area (Å²) in [5.41, 5.74) is 2.87. The number of nitrogens with zero attached hydrogens (tertiary/aromatic N) is 1. The van der Waals surface area contributed by atoms with E-state index in [0.717, 1.165) is 28.3 Å². The van der Waals surface area contributed by atoms with Crippen molar-refractivity contribution in [2.75, 3.05) is 20.8 Å². The first kappa shape index (κ1) is 15.9. The van der Waals surface area contributed by atoms with E-state index in [1.54, 1.807) is 20.4 Å². The lowest BCUT2D eigenvalue weighted by Crippen LogP contribution is -1.96. The highest BCUT2D eigenvalue weighted by Crippen LogP contribution is 2.30. The fourth-order valence-corrected chi connectivity index (χ4v) is 2.08. The summed E-state index contributed by atoms with van der Waals surface area (Å²) in [6, 6.07) is 11.6. The van der Waals surface area contributed by atoms with Crippen molar-refractivity contribution >= 4 is 11.9 Å². The first-order valence-corrected chi connectivity index (χ1v) is 7.17. The molecule has 2 aromatic rings. The normalized spacial score (nSPS) is 10.7. The van der Waals surface area contributed by atoms with Gasteiger partial charge in [0.25, 0.3) is 0 Å². The standard InChI is InChI=1S/C18H21NO3/c1-5-22-17-9-7-14(11-18(17)21-4)12-19-15-10-13(2)6-8-16(15)20-3/h6-12H,5H2,1-4H3. The zero-order valence-corrected chi connectivity index (χ0v) is 13.4. The average molecular weight is 299 g/mol. The average Bonchev–Trinajstić information content (AvgIpc) is 2.54. The third-order valence-corrected chi connectivity index (χ3v) is 3.17. The molecule has 22 heavy (non-hydrogen) atoms. The summed E-state index contributed by atoms with van der Waals surface area (Å²) in [5, 5.41) is 0. The molecular weight excluding hydrogens is 278 g/mol. The molecule has 0 aliphatic rings. The van der Waals surface area contributed by atoms with E-state index in [2.05, 4.69) is 4.99 Å². The molecule has 0 N–H and O–H groups in total. The molecule has 0 fully saturated rings. The minimum Gasteiger partial charge on any atom is -0.494 e. The molecular formula is C18H21NO3. The Balaban J connectivity index is 2.28. The molecule has 0 aliphatic heterocycles. The highest BCUT2D eigenvalue weighted by molar-refractivity contribution is 5.83. The van der Waals surface area contributed by atoms with Gasteiger partial charge in [-0.05, 0) is 55.3 Å². The third kappa shape index (κ3) is 3.79. The number of hydrogen-bond donors (Lipinski definition) is 0. The third-order valence-electron chi connectivity index (χ3n) is 3.17. The van der Waals surface area contributed by atoms with Crippen LogP contribution in [0.4, 0.5) is 5.69 Å². The van der Waals surface area contributed by atoms with Crippen LogP contribution < -0.4 is 14.2 Å². The van der Waals surface area contributed by atoms with Crippen molar-refractivity contribution in [2.24, 2.45) is 4.99 Å². The van der Waals surface area contributed by atoms with Crippen molar-refractivity contribution in [1.29, 1.82) is 0 Å². The first-order chi connectivity index (χ1) is 10.7. The predicted molar refractivity (Wildman–Crippen MR) is 89.1 cm³/mol. The molecule has 2 rings (SSSR count). The Morgan fingerprint density at radius 3 is 2.36 bits per heavy atom. The van der Waals surface area contributed by atoms with Crippen LogP contribution >= 0.6 is 0 Å². The van der Waals surface area contributed by atoms with Crippen LogP contribution in [0.15, 0.2) is 41.4 Å². The fourth-order valence-electron chi connectivity index (χ4n) is 2.08. The molecule has 0 aromatic heterocycles. The van der Waals surface area contributed by atoms with Crippen LogP contribution in [0.25, 0.3) is 0 Å². The number of aliphatic imine (C=N–C) groups is 1. The molecule has 0 aliphatic carbocycles. The molecule has 0 saturated carbocycles. The molecule has 0 spiro atoms. The van der Waals surface area contributed by atoms with E-state index in [0.29, 0.717) is 12.4 Å². The van der Waals surface area contributed by atoms with Crippen LogP contribution in [0.2, 0.25) is 0 Å². The number of methoxy groups -OCH3 is 2. The van der Waals surface area contributed by atoms with E-state index in [-0.39, 0.29) is 0 Å². The number of rotatable bonds is 6. The Morgan fingerprint density at radius 1 is 0.955 bits per heavy atom. The Kier molecular flexibility index (Phi) is 5.42. The van der Waals surface area contributed by atoms with Crippen molar-refractivity contribution in [3.05, 3.63) is 47.5 Å². The molecule has 0 amide bonds. The molecule has 0 saturated heterocycles. The molecule has 0 bridgehead atoms. The topological polar surface area (TPSA) is 40.0 Å². The number of benzene rings is 2. The van der Waals surface area contributed by atoms with Gasteiger partial charge in [-0.2, -0.15) is 0 Å². The predicted octanol–water partition coefficient (Wildman–Crippen LogP) is 4.16. The van der Waals surface area contributed by atoms with Crippen LogP contribution in [-0.2, 0) is 0 Å². The highest BCUT2D eigenvalue weighted by Gasteiger charge is 2.05. The lowest BCUT2D eigenvalue weighted by atomic mass is 10.2. The SMILES string of the molecule is CCOc1ccc(C=Nc2cc(C)ccc2OC)cc1OC. The summed E-state index contributed by atoms with van der Waals surface area (Å²) in [6.45, 7) is 4.57. The maximum atomic E-state index is 5.51. The van der Waals surface area contributed by atoms with Crippen LogP contribution in [0.3, 0.4) is 0 Å². The molecule has 4 heteroatoms. The zero-order valence-electron chi connectivity index (χ0n) is 13.4. The monoisotopic (exact) mass is 299 g/mol. The molecule has 116 valence electrons. The molecule has 0 radical (unpaired) electrons. The molecule has 0 unspecified atom stereocenters. The second kappa shape index (κ2) is 7.50. The first-order valence-electron chi connectivity index (χ1n) is 7.17. The van der Waals surface area contributed by atoms with Gasteiger partial charge in [0.15, 0.2) is 11.5 Å². The minimum absolute atomic E-state index is 0.601. The summed E-state index contributed by atoms with van der Waals surface area (Å²) in [7, 11) is 3.27. The van der Waals surface area contributed by atoms with Crippen LogP contribution in [0.1, 0.15) is 18.1 Å². The van der Waals surface area contributed by atoms with Gasteiger partial charge in [0.1, 0.15) is 11.4 Å². The Bertz CT molecular complexity index is 665. The van der Waals surface area contributed by atoms with E-state index < -0.39 is 0 Å². The second-order valence-corrected chi connectivity index (χ2v) is 4.78. The smallest absolute Gasteiger partial charge is 0.161 e. The van der Waals surface area contributed by atoms with Gasteiger partial charge in [-0.3, -0.25) is 4.99 Å². The molecule has 4 nitrogen and oxygen atoms in total. The van der Waals surface area contributed by atoms with E-state index >= 15 is 0 Å². The zero-order chi connectivity index (χ0) is 15.9. The molecule has 0 heterocycles. The Hall–Kier alpha value is -2.49. The minimum atomic E-state index is 0.601. The quantitative estimate of drug-likeness (QED) is 0.752. The van der Waals surface area contributed by atoms with Gasteiger partial charge in [-0.15, -0.1) is 0 Å². The Morgan fingerprint density at radius 2 is 1.68 bits per heavy atom. The van der Waals surface area contributed by atoms with E-state index in [4.69, 9.17) is 14.2 Å². The van der Waals surface area contributed by atoms with E-state index in [9.17, 15) is 0 Å². The van der Waals surface area contributed by atoms with Gasteiger partial charge in [0.05, 0.1) is 20.8 Å². The van der Waals surface area contributed by atoms with Gasteiger partial charge >= 0.3 is 0 Å². The van der Waals surface area contributed by atoms with E-state index in [1.165, 1.54) is 0 Å².